The molecule has 1 atom stereocenters. The van der Waals surface area contributed by atoms with Gasteiger partial charge in [0.05, 0.1) is 23.9 Å². The topological polar surface area (TPSA) is 61.4 Å². The van der Waals surface area contributed by atoms with Crippen molar-refractivity contribution in [2.45, 2.75) is 38.9 Å². The SMILES string of the molecule is COCC(C)n1c(C)cc(C(=O)CSc2nnc3cc(C)c4ccccc4n23)c1C. The largest absolute Gasteiger partial charge is 0.383 e. The molecule has 4 aromatic rings. The van der Waals surface area contributed by atoms with Crippen molar-refractivity contribution in [3.05, 3.63) is 58.9 Å². The summed E-state index contributed by atoms with van der Waals surface area (Å²) in [5, 5.41) is 10.6. The number of benzene rings is 1. The summed E-state index contributed by atoms with van der Waals surface area (Å²) in [5.74, 6) is 0.406. The minimum absolute atomic E-state index is 0.0946. The third-order valence-electron chi connectivity index (χ3n) is 5.54. The number of aryl methyl sites for hydroxylation is 2. The summed E-state index contributed by atoms with van der Waals surface area (Å²) in [4.78, 5) is 13.0. The Morgan fingerprint density at radius 3 is 2.70 bits per heavy atom. The van der Waals surface area contributed by atoms with Gasteiger partial charge in [-0.1, -0.05) is 30.0 Å². The molecule has 6 nitrogen and oxygen atoms in total. The van der Waals surface area contributed by atoms with Crippen molar-refractivity contribution in [3.8, 4) is 0 Å². The van der Waals surface area contributed by atoms with E-state index in [2.05, 4.69) is 40.7 Å². The zero-order valence-corrected chi connectivity index (χ0v) is 18.8. The number of nitrogens with zero attached hydrogens (tertiary/aromatic N) is 4. The van der Waals surface area contributed by atoms with Crippen molar-refractivity contribution in [1.82, 2.24) is 19.2 Å². The molecule has 0 fully saturated rings. The predicted molar refractivity (Wildman–Crippen MR) is 121 cm³/mol. The number of hydrogen-bond acceptors (Lipinski definition) is 5. The van der Waals surface area contributed by atoms with Crippen molar-refractivity contribution < 1.29 is 9.53 Å². The normalized spacial score (nSPS) is 12.7. The van der Waals surface area contributed by atoms with Crippen molar-refractivity contribution in [2.24, 2.45) is 0 Å². The molecule has 0 bridgehead atoms. The molecule has 0 saturated heterocycles. The molecular formula is C23H26N4O2S. The number of carbonyl (C=O) groups is 1. The summed E-state index contributed by atoms with van der Waals surface area (Å²) in [7, 11) is 1.70. The molecule has 30 heavy (non-hydrogen) atoms. The first-order chi connectivity index (χ1) is 14.4. The Hall–Kier alpha value is -2.64. The van der Waals surface area contributed by atoms with Gasteiger partial charge in [-0.05, 0) is 51.5 Å². The molecule has 7 heteroatoms. The van der Waals surface area contributed by atoms with Gasteiger partial charge >= 0.3 is 0 Å². The van der Waals surface area contributed by atoms with E-state index in [0.717, 1.165) is 44.2 Å². The summed E-state index contributed by atoms with van der Waals surface area (Å²) >= 11 is 1.43. The van der Waals surface area contributed by atoms with Gasteiger partial charge in [0.2, 0.25) is 0 Å². The summed E-state index contributed by atoms with van der Waals surface area (Å²) in [6.07, 6.45) is 0. The van der Waals surface area contributed by atoms with Crippen LogP contribution in [0.5, 0.6) is 0 Å². The highest BCUT2D eigenvalue weighted by molar-refractivity contribution is 7.99. The monoisotopic (exact) mass is 422 g/mol. The number of pyridine rings is 1. The van der Waals surface area contributed by atoms with Crippen molar-refractivity contribution >= 4 is 34.1 Å². The van der Waals surface area contributed by atoms with E-state index < -0.39 is 0 Å². The van der Waals surface area contributed by atoms with Crippen LogP contribution >= 0.6 is 11.8 Å². The second kappa shape index (κ2) is 8.24. The average molecular weight is 423 g/mol. The molecule has 0 radical (unpaired) electrons. The molecule has 0 amide bonds. The molecule has 1 aromatic carbocycles. The lowest BCUT2D eigenvalue weighted by molar-refractivity contribution is 0.102. The van der Waals surface area contributed by atoms with Crippen LogP contribution in [-0.2, 0) is 4.74 Å². The van der Waals surface area contributed by atoms with E-state index in [1.54, 1.807) is 7.11 Å². The lowest BCUT2D eigenvalue weighted by atomic mass is 10.1. The van der Waals surface area contributed by atoms with Gasteiger partial charge < -0.3 is 9.30 Å². The standard InChI is InChI=1S/C23H26N4O2S/c1-14-10-22-24-25-23(27(22)20-9-7-6-8-18(14)20)30-13-21(28)19-11-15(2)26(17(19)4)16(3)12-29-5/h6-11,16H,12-13H2,1-5H3. The van der Waals surface area contributed by atoms with E-state index in [9.17, 15) is 4.79 Å². The molecule has 0 aliphatic rings. The highest BCUT2D eigenvalue weighted by Crippen LogP contribution is 2.27. The zero-order chi connectivity index (χ0) is 21.4. The summed E-state index contributed by atoms with van der Waals surface area (Å²) in [5.41, 5.74) is 5.83. The quantitative estimate of drug-likeness (QED) is 0.316. The Labute approximate surface area is 180 Å². The molecule has 156 valence electrons. The van der Waals surface area contributed by atoms with Gasteiger partial charge in [-0.3, -0.25) is 9.20 Å². The van der Waals surface area contributed by atoms with Gasteiger partial charge in [0.15, 0.2) is 16.6 Å². The number of rotatable bonds is 7. The molecule has 4 rings (SSSR count). The van der Waals surface area contributed by atoms with Gasteiger partial charge in [-0.2, -0.15) is 0 Å². The number of hydrogen-bond donors (Lipinski definition) is 0. The number of thioether (sulfide) groups is 1. The third-order valence-corrected chi connectivity index (χ3v) is 6.47. The van der Waals surface area contributed by atoms with E-state index in [1.807, 2.05) is 42.5 Å². The van der Waals surface area contributed by atoms with Crippen LogP contribution in [0.15, 0.2) is 41.6 Å². The highest BCUT2D eigenvalue weighted by atomic mass is 32.2. The van der Waals surface area contributed by atoms with E-state index in [4.69, 9.17) is 4.74 Å². The van der Waals surface area contributed by atoms with Gasteiger partial charge in [-0.15, -0.1) is 10.2 Å². The fraction of sp³-hybridized carbons (Fsp3) is 0.348. The number of carbonyl (C=O) groups excluding carboxylic acids is 1. The Morgan fingerprint density at radius 2 is 1.93 bits per heavy atom. The summed E-state index contributed by atoms with van der Waals surface area (Å²) < 4.78 is 9.49. The first kappa shape index (κ1) is 20.6. The number of ether oxygens (including phenoxy) is 1. The molecule has 0 aliphatic carbocycles. The molecule has 0 saturated carbocycles. The lowest BCUT2D eigenvalue weighted by Gasteiger charge is -2.17. The number of para-hydroxylation sites is 1. The first-order valence-corrected chi connectivity index (χ1v) is 11.0. The number of fused-ring (bicyclic) bond motifs is 3. The average Bonchev–Trinajstić information content (AvgIpc) is 3.26. The Bertz CT molecular complexity index is 1240. The molecule has 0 aliphatic heterocycles. The number of ketones is 1. The van der Waals surface area contributed by atoms with Crippen LogP contribution < -0.4 is 0 Å². The van der Waals surface area contributed by atoms with Crippen molar-refractivity contribution in [1.29, 1.82) is 0 Å². The van der Waals surface area contributed by atoms with Crippen LogP contribution in [0.25, 0.3) is 16.6 Å². The van der Waals surface area contributed by atoms with Crippen LogP contribution in [0.1, 0.15) is 40.3 Å². The number of methoxy groups -OCH3 is 1. The van der Waals surface area contributed by atoms with E-state index >= 15 is 0 Å². The number of aromatic nitrogens is 4. The highest BCUT2D eigenvalue weighted by Gasteiger charge is 2.20. The Balaban J connectivity index is 1.62. The molecular weight excluding hydrogens is 396 g/mol. The maximum Gasteiger partial charge on any atom is 0.196 e. The summed E-state index contributed by atoms with van der Waals surface area (Å²) in [6, 6.07) is 12.4. The fourth-order valence-corrected chi connectivity index (χ4v) is 5.06. The first-order valence-electron chi connectivity index (χ1n) is 9.99. The minimum atomic E-state index is 0.0946. The van der Waals surface area contributed by atoms with Crippen molar-refractivity contribution in [2.75, 3.05) is 19.5 Å². The fourth-order valence-electron chi connectivity index (χ4n) is 4.23. The smallest absolute Gasteiger partial charge is 0.196 e. The van der Waals surface area contributed by atoms with E-state index in [1.165, 1.54) is 11.8 Å². The van der Waals surface area contributed by atoms with Crippen LogP contribution in [0.3, 0.4) is 0 Å². The lowest BCUT2D eigenvalue weighted by Crippen LogP contribution is -2.14. The molecule has 3 heterocycles. The van der Waals surface area contributed by atoms with Gasteiger partial charge in [0, 0.05) is 29.4 Å². The van der Waals surface area contributed by atoms with Crippen LogP contribution in [-0.4, -0.2) is 44.4 Å². The van der Waals surface area contributed by atoms with Crippen molar-refractivity contribution in [3.63, 3.8) is 0 Å². The van der Waals surface area contributed by atoms with Crippen LogP contribution in [0.4, 0.5) is 0 Å². The predicted octanol–water partition coefficient (Wildman–Crippen LogP) is 4.79. The Kier molecular flexibility index (Phi) is 5.66. The molecule has 0 spiro atoms. The van der Waals surface area contributed by atoms with E-state index in [0.29, 0.717) is 12.4 Å². The second-order valence-corrected chi connectivity index (χ2v) is 8.63. The zero-order valence-electron chi connectivity index (χ0n) is 18.0. The van der Waals surface area contributed by atoms with Crippen LogP contribution in [0, 0.1) is 20.8 Å². The number of Topliss-reactive ketones (excluding diaryl/α,β-unsaturated/α-hetero) is 1. The molecule has 3 aromatic heterocycles. The maximum atomic E-state index is 13.0. The van der Waals surface area contributed by atoms with Crippen LogP contribution in [0.2, 0.25) is 0 Å². The van der Waals surface area contributed by atoms with Gasteiger partial charge in [-0.25, -0.2) is 0 Å². The minimum Gasteiger partial charge on any atom is -0.383 e. The maximum absolute atomic E-state index is 13.0. The molecule has 1 unspecified atom stereocenters. The van der Waals surface area contributed by atoms with Gasteiger partial charge in [0.1, 0.15) is 0 Å². The summed E-state index contributed by atoms with van der Waals surface area (Å²) in [6.45, 7) is 8.82. The molecule has 0 N–H and O–H groups in total. The van der Waals surface area contributed by atoms with E-state index in [-0.39, 0.29) is 11.8 Å². The second-order valence-electron chi connectivity index (χ2n) is 7.69. The Morgan fingerprint density at radius 1 is 1.17 bits per heavy atom. The van der Waals surface area contributed by atoms with Gasteiger partial charge in [0.25, 0.3) is 0 Å². The third kappa shape index (κ3) is 3.52.